The van der Waals surface area contributed by atoms with Crippen LogP contribution >= 0.6 is 0 Å². The van der Waals surface area contributed by atoms with E-state index < -0.39 is 0 Å². The van der Waals surface area contributed by atoms with Gasteiger partial charge in [0, 0.05) is 49.7 Å². The van der Waals surface area contributed by atoms with Gasteiger partial charge in [-0.3, -0.25) is 4.57 Å². The van der Waals surface area contributed by atoms with Crippen LogP contribution in [0.15, 0.2) is 65.8 Å². The zero-order valence-corrected chi connectivity index (χ0v) is 19.9. The molecule has 0 radical (unpaired) electrons. The first-order chi connectivity index (χ1) is 17.2. The Labute approximate surface area is 205 Å². The summed E-state index contributed by atoms with van der Waals surface area (Å²) >= 11 is 0. The van der Waals surface area contributed by atoms with E-state index in [1.165, 1.54) is 24.8 Å². The van der Waals surface area contributed by atoms with E-state index in [-0.39, 0.29) is 0 Å². The second kappa shape index (κ2) is 8.99. The van der Waals surface area contributed by atoms with Gasteiger partial charge >= 0.3 is 0 Å². The Hall–Kier alpha value is -3.98. The first-order valence-corrected chi connectivity index (χ1v) is 12.4. The second-order valence-electron chi connectivity index (χ2n) is 9.58. The number of nitriles is 1. The second-order valence-corrected chi connectivity index (χ2v) is 9.58. The van der Waals surface area contributed by atoms with Crippen molar-refractivity contribution in [3.63, 3.8) is 0 Å². The lowest BCUT2D eigenvalue weighted by Crippen LogP contribution is -2.36. The Morgan fingerprint density at radius 1 is 1.03 bits per heavy atom. The number of piperidine rings is 1. The lowest BCUT2D eigenvalue weighted by atomic mass is 9.99. The van der Waals surface area contributed by atoms with Crippen molar-refractivity contribution in [2.24, 2.45) is 10.9 Å². The fourth-order valence-corrected chi connectivity index (χ4v) is 5.22. The number of aliphatic imine (C=N–C) groups is 1. The number of rotatable bonds is 5. The maximum atomic E-state index is 9.27. The molecule has 1 saturated heterocycles. The molecular weight excluding hydrogens is 432 g/mol. The van der Waals surface area contributed by atoms with Crippen LogP contribution in [-0.4, -0.2) is 40.9 Å². The van der Waals surface area contributed by atoms with E-state index in [1.807, 2.05) is 37.5 Å². The topological polar surface area (TPSA) is 70.1 Å². The molecule has 2 fully saturated rings. The minimum Gasteiger partial charge on any atom is -0.369 e. The summed E-state index contributed by atoms with van der Waals surface area (Å²) in [5, 5.41) is 9.27. The number of fused-ring (bicyclic) bond motifs is 1. The number of pyridine rings is 1. The molecule has 35 heavy (non-hydrogen) atoms. The van der Waals surface area contributed by atoms with Crippen molar-refractivity contribution < 1.29 is 0 Å². The Bertz CT molecular complexity index is 1420. The van der Waals surface area contributed by atoms with Crippen molar-refractivity contribution >= 4 is 23.1 Å². The molecule has 0 spiro atoms. The summed E-state index contributed by atoms with van der Waals surface area (Å²) in [7, 11) is 1.85. The minimum absolute atomic E-state index is 0.451. The number of anilines is 1. The van der Waals surface area contributed by atoms with Gasteiger partial charge in [-0.25, -0.2) is 9.97 Å². The molecule has 1 saturated carbocycles. The van der Waals surface area contributed by atoms with E-state index >= 15 is 0 Å². The van der Waals surface area contributed by atoms with Crippen molar-refractivity contribution in [3.05, 3.63) is 71.9 Å². The number of aromatic nitrogens is 3. The molecule has 1 aliphatic carbocycles. The van der Waals surface area contributed by atoms with E-state index in [4.69, 9.17) is 9.97 Å². The van der Waals surface area contributed by atoms with Crippen LogP contribution in [0.25, 0.3) is 28.2 Å². The van der Waals surface area contributed by atoms with Crippen LogP contribution in [0.3, 0.4) is 0 Å². The van der Waals surface area contributed by atoms with E-state index in [0.717, 1.165) is 53.4 Å². The predicted octanol–water partition coefficient (Wildman–Crippen LogP) is 5.75. The number of imidazole rings is 1. The van der Waals surface area contributed by atoms with Gasteiger partial charge in [-0.15, -0.1) is 0 Å². The fourth-order valence-electron chi connectivity index (χ4n) is 5.22. The van der Waals surface area contributed by atoms with Gasteiger partial charge in [-0.1, -0.05) is 12.1 Å². The summed E-state index contributed by atoms with van der Waals surface area (Å²) in [5.74, 6) is 2.00. The van der Waals surface area contributed by atoms with Crippen molar-refractivity contribution in [1.82, 2.24) is 14.5 Å². The van der Waals surface area contributed by atoms with E-state index in [9.17, 15) is 5.26 Å². The van der Waals surface area contributed by atoms with Crippen molar-refractivity contribution in [2.75, 3.05) is 25.0 Å². The molecule has 0 N–H and O–H groups in total. The highest BCUT2D eigenvalue weighted by molar-refractivity contribution is 5.91. The molecule has 3 heterocycles. The highest BCUT2D eigenvalue weighted by Gasteiger charge is 2.25. The standard InChI is InChI=1S/C29H28N6/c1-31-18-21-3-2-16-34(19-21)26-14-15-32-29-27(26)33-28(24-6-4-20(17-30)5-7-24)35(29)25-12-10-23(11-13-25)22-8-9-22/h4-7,10-15,18,21-22H,2-3,8-9,16,19H2,1H3. The van der Waals surface area contributed by atoms with Crippen LogP contribution < -0.4 is 4.90 Å². The maximum absolute atomic E-state index is 9.27. The smallest absolute Gasteiger partial charge is 0.167 e. The SMILES string of the molecule is CN=CC1CCCN(c2ccnc3c2nc(-c2ccc(C#N)cc2)n3-c2ccc(C3CC3)cc2)C1. The lowest BCUT2D eigenvalue weighted by molar-refractivity contribution is 0.514. The largest absolute Gasteiger partial charge is 0.369 e. The molecule has 1 aliphatic heterocycles. The highest BCUT2D eigenvalue weighted by atomic mass is 15.2. The molecule has 2 aromatic heterocycles. The van der Waals surface area contributed by atoms with Gasteiger partial charge in [-0.2, -0.15) is 5.26 Å². The monoisotopic (exact) mass is 460 g/mol. The van der Waals surface area contributed by atoms with Gasteiger partial charge in [0.05, 0.1) is 17.3 Å². The molecule has 174 valence electrons. The first kappa shape index (κ1) is 21.5. The first-order valence-electron chi connectivity index (χ1n) is 12.4. The molecule has 6 heteroatoms. The average molecular weight is 461 g/mol. The summed E-state index contributed by atoms with van der Waals surface area (Å²) in [4.78, 5) is 16.7. The highest BCUT2D eigenvalue weighted by Crippen LogP contribution is 2.40. The molecule has 2 aromatic carbocycles. The van der Waals surface area contributed by atoms with Crippen LogP contribution in [0.5, 0.6) is 0 Å². The van der Waals surface area contributed by atoms with Crippen LogP contribution in [0.1, 0.15) is 42.7 Å². The third kappa shape index (κ3) is 4.08. The van der Waals surface area contributed by atoms with Crippen LogP contribution in [0.4, 0.5) is 5.69 Å². The molecule has 0 amide bonds. The van der Waals surface area contributed by atoms with Crippen molar-refractivity contribution in [3.8, 4) is 23.1 Å². The Morgan fingerprint density at radius 3 is 2.54 bits per heavy atom. The average Bonchev–Trinajstić information content (AvgIpc) is 3.69. The third-order valence-corrected chi connectivity index (χ3v) is 7.16. The molecule has 0 bridgehead atoms. The van der Waals surface area contributed by atoms with Crippen LogP contribution in [0.2, 0.25) is 0 Å². The van der Waals surface area contributed by atoms with Crippen molar-refractivity contribution in [2.45, 2.75) is 31.6 Å². The van der Waals surface area contributed by atoms with E-state index in [0.29, 0.717) is 17.4 Å². The molecule has 1 atom stereocenters. The van der Waals surface area contributed by atoms with Crippen LogP contribution in [0, 0.1) is 17.2 Å². The van der Waals surface area contributed by atoms with Gasteiger partial charge in [0.15, 0.2) is 5.65 Å². The zero-order chi connectivity index (χ0) is 23.8. The van der Waals surface area contributed by atoms with Gasteiger partial charge < -0.3 is 9.89 Å². The molecular formula is C29H28N6. The molecule has 4 aromatic rings. The summed E-state index contributed by atoms with van der Waals surface area (Å²) in [6, 6.07) is 20.8. The van der Waals surface area contributed by atoms with Gasteiger partial charge in [-0.05, 0) is 79.6 Å². The fraction of sp³-hybridized carbons (Fsp3) is 0.310. The summed E-state index contributed by atoms with van der Waals surface area (Å²) < 4.78 is 2.16. The molecule has 6 nitrogen and oxygen atoms in total. The van der Waals surface area contributed by atoms with Gasteiger partial charge in [0.2, 0.25) is 0 Å². The maximum Gasteiger partial charge on any atom is 0.167 e. The normalized spacial score (nSPS) is 18.3. The van der Waals surface area contributed by atoms with Gasteiger partial charge in [0.25, 0.3) is 0 Å². The summed E-state index contributed by atoms with van der Waals surface area (Å²) in [6.07, 6.45) is 8.84. The Balaban J connectivity index is 1.50. The molecule has 1 unspecified atom stereocenters. The van der Waals surface area contributed by atoms with E-state index in [2.05, 4.69) is 57.1 Å². The minimum atomic E-state index is 0.451. The number of hydrogen-bond acceptors (Lipinski definition) is 5. The van der Waals surface area contributed by atoms with Crippen molar-refractivity contribution in [1.29, 1.82) is 5.26 Å². The zero-order valence-electron chi connectivity index (χ0n) is 19.9. The summed E-state index contributed by atoms with van der Waals surface area (Å²) in [5.41, 5.74) is 6.95. The number of benzene rings is 2. The molecule has 6 rings (SSSR count). The van der Waals surface area contributed by atoms with Gasteiger partial charge in [0.1, 0.15) is 11.3 Å². The summed E-state index contributed by atoms with van der Waals surface area (Å²) in [6.45, 7) is 1.94. The Morgan fingerprint density at radius 2 is 1.83 bits per heavy atom. The number of nitrogens with zero attached hydrogens (tertiary/aromatic N) is 6. The molecule has 2 aliphatic rings. The van der Waals surface area contributed by atoms with E-state index in [1.54, 1.807) is 0 Å². The predicted molar refractivity (Wildman–Crippen MR) is 140 cm³/mol. The Kier molecular flexibility index (Phi) is 5.54. The quantitative estimate of drug-likeness (QED) is 0.355. The number of hydrogen-bond donors (Lipinski definition) is 0. The lowest BCUT2D eigenvalue weighted by Gasteiger charge is -2.32. The van der Waals surface area contributed by atoms with Crippen LogP contribution in [-0.2, 0) is 0 Å². The third-order valence-electron chi connectivity index (χ3n) is 7.16.